The van der Waals surface area contributed by atoms with Crippen LogP contribution in [-0.4, -0.2) is 32.0 Å². The maximum Gasteiger partial charge on any atom is 0.245 e. The number of amides is 1. The van der Waals surface area contributed by atoms with Gasteiger partial charge >= 0.3 is 0 Å². The number of carbonyl (C=O) groups excluding carboxylic acids is 2. The van der Waals surface area contributed by atoms with Gasteiger partial charge in [0.25, 0.3) is 0 Å². The molecule has 0 saturated heterocycles. The van der Waals surface area contributed by atoms with Crippen LogP contribution in [0.1, 0.15) is 16.1 Å². The predicted octanol–water partition coefficient (Wildman–Crippen LogP) is 2.52. The van der Waals surface area contributed by atoms with Gasteiger partial charge in [-0.1, -0.05) is 6.07 Å². The van der Waals surface area contributed by atoms with E-state index in [4.69, 9.17) is 10.00 Å². The van der Waals surface area contributed by atoms with Crippen LogP contribution in [0.5, 0.6) is 0 Å². The van der Waals surface area contributed by atoms with Gasteiger partial charge in [-0.15, -0.1) is 11.3 Å². The minimum Gasteiger partial charge on any atom is -0.385 e. The summed E-state index contributed by atoms with van der Waals surface area (Å²) in [7, 11) is 1.55. The number of thiophene rings is 1. The maximum atomic E-state index is 13.7. The van der Waals surface area contributed by atoms with E-state index in [1.165, 1.54) is 12.1 Å². The number of Topliss-reactive ketones (excluding diaryl/α,β-unsaturated/α-hetero) is 1. The van der Waals surface area contributed by atoms with Crippen LogP contribution in [-0.2, 0) is 9.53 Å². The molecule has 1 unspecified atom stereocenters. The maximum absolute atomic E-state index is 13.7. The Kier molecular flexibility index (Phi) is 5.79. The van der Waals surface area contributed by atoms with E-state index in [0.717, 1.165) is 11.3 Å². The van der Waals surface area contributed by atoms with Gasteiger partial charge in [0.2, 0.25) is 5.91 Å². The first-order chi connectivity index (χ1) is 11.1. The Morgan fingerprint density at radius 2 is 2.26 bits per heavy atom. The monoisotopic (exact) mass is 334 g/mol. The zero-order chi connectivity index (χ0) is 16.8. The number of nitriles is 1. The number of hydrogen-bond acceptors (Lipinski definition) is 5. The van der Waals surface area contributed by atoms with Crippen molar-refractivity contribution in [1.82, 2.24) is 5.32 Å². The SMILES string of the molecule is COCCCNC(=O)C(C#N)C(=O)c1cc2c(F)cccc2s1. The highest BCUT2D eigenvalue weighted by atomic mass is 32.1. The molecule has 2 aromatic rings. The van der Waals surface area contributed by atoms with Crippen LogP contribution in [0.15, 0.2) is 24.3 Å². The molecule has 0 bridgehead atoms. The lowest BCUT2D eigenvalue weighted by Crippen LogP contribution is -2.35. The summed E-state index contributed by atoms with van der Waals surface area (Å²) in [5, 5.41) is 12.0. The zero-order valence-electron chi connectivity index (χ0n) is 12.5. The number of benzene rings is 1. The molecule has 1 N–H and O–H groups in total. The third kappa shape index (κ3) is 3.92. The van der Waals surface area contributed by atoms with Crippen molar-refractivity contribution >= 4 is 33.1 Å². The van der Waals surface area contributed by atoms with Crippen LogP contribution >= 0.6 is 11.3 Å². The summed E-state index contributed by atoms with van der Waals surface area (Å²) < 4.78 is 19.1. The topological polar surface area (TPSA) is 79.2 Å². The van der Waals surface area contributed by atoms with E-state index in [0.29, 0.717) is 29.7 Å². The molecular formula is C16H15FN2O3S. The Labute approximate surface area is 136 Å². The van der Waals surface area contributed by atoms with Gasteiger partial charge < -0.3 is 10.1 Å². The van der Waals surface area contributed by atoms with E-state index in [1.807, 2.05) is 0 Å². The number of hydrogen-bond donors (Lipinski definition) is 1. The molecule has 1 heterocycles. The van der Waals surface area contributed by atoms with Crippen LogP contribution in [0, 0.1) is 23.1 Å². The van der Waals surface area contributed by atoms with E-state index in [2.05, 4.69) is 5.32 Å². The van der Waals surface area contributed by atoms with Gasteiger partial charge in [-0.2, -0.15) is 5.26 Å². The Balaban J connectivity index is 2.13. The number of nitrogens with one attached hydrogen (secondary N) is 1. The molecular weight excluding hydrogens is 319 g/mol. The van der Waals surface area contributed by atoms with Crippen molar-refractivity contribution in [3.05, 3.63) is 35.0 Å². The van der Waals surface area contributed by atoms with Gasteiger partial charge in [0.1, 0.15) is 5.82 Å². The molecule has 0 saturated carbocycles. The first-order valence-electron chi connectivity index (χ1n) is 6.97. The molecule has 120 valence electrons. The first kappa shape index (κ1) is 17.1. The standard InChI is InChI=1S/C16H15FN2O3S/c1-22-7-3-6-19-16(21)11(9-18)15(20)14-8-10-12(17)4-2-5-13(10)23-14/h2,4-5,8,11H,3,6-7H2,1H3,(H,19,21). The van der Waals surface area contributed by atoms with Gasteiger partial charge in [-0.05, 0) is 24.6 Å². The number of nitrogens with zero attached hydrogens (tertiary/aromatic N) is 1. The average molecular weight is 334 g/mol. The number of methoxy groups -OCH3 is 1. The number of ether oxygens (including phenoxy) is 1. The second-order valence-corrected chi connectivity index (χ2v) is 5.91. The van der Waals surface area contributed by atoms with E-state index >= 15 is 0 Å². The van der Waals surface area contributed by atoms with E-state index in [9.17, 15) is 14.0 Å². The van der Waals surface area contributed by atoms with Crippen LogP contribution in [0.4, 0.5) is 4.39 Å². The highest BCUT2D eigenvalue weighted by molar-refractivity contribution is 7.20. The molecule has 0 fully saturated rings. The van der Waals surface area contributed by atoms with Gasteiger partial charge in [-0.25, -0.2) is 4.39 Å². The predicted molar refractivity (Wildman–Crippen MR) is 84.7 cm³/mol. The lowest BCUT2D eigenvalue weighted by Gasteiger charge is -2.08. The second-order valence-electron chi connectivity index (χ2n) is 4.83. The summed E-state index contributed by atoms with van der Waals surface area (Å²) in [5.74, 6) is -3.13. The summed E-state index contributed by atoms with van der Waals surface area (Å²) in [6, 6.07) is 7.64. The van der Waals surface area contributed by atoms with Crippen LogP contribution in [0.2, 0.25) is 0 Å². The molecule has 0 aliphatic rings. The molecule has 5 nitrogen and oxygen atoms in total. The normalized spacial score (nSPS) is 11.9. The summed E-state index contributed by atoms with van der Waals surface area (Å²) in [5.41, 5.74) is 0. The summed E-state index contributed by atoms with van der Waals surface area (Å²) >= 11 is 1.07. The zero-order valence-corrected chi connectivity index (χ0v) is 13.3. The lowest BCUT2D eigenvalue weighted by molar-refractivity contribution is -0.122. The smallest absolute Gasteiger partial charge is 0.245 e. The fourth-order valence-corrected chi connectivity index (χ4v) is 3.10. The Morgan fingerprint density at radius 1 is 1.48 bits per heavy atom. The Morgan fingerprint density at radius 3 is 2.91 bits per heavy atom. The largest absolute Gasteiger partial charge is 0.385 e. The van der Waals surface area contributed by atoms with Gasteiger partial charge in [0.15, 0.2) is 11.7 Å². The summed E-state index contributed by atoms with van der Waals surface area (Å²) in [6.07, 6.45) is 0.586. The molecule has 0 spiro atoms. The molecule has 1 atom stereocenters. The highest BCUT2D eigenvalue weighted by Crippen LogP contribution is 2.29. The third-order valence-electron chi connectivity index (χ3n) is 3.23. The Hall–Kier alpha value is -2.30. The summed E-state index contributed by atoms with van der Waals surface area (Å²) in [4.78, 5) is 24.5. The molecule has 2 rings (SSSR count). The minimum atomic E-state index is -1.44. The van der Waals surface area contributed by atoms with Crippen LogP contribution in [0.3, 0.4) is 0 Å². The van der Waals surface area contributed by atoms with Crippen molar-refractivity contribution in [2.24, 2.45) is 5.92 Å². The van der Waals surface area contributed by atoms with Crippen molar-refractivity contribution < 1.29 is 18.7 Å². The molecule has 0 aliphatic heterocycles. The van der Waals surface area contributed by atoms with Gasteiger partial charge in [-0.3, -0.25) is 9.59 Å². The average Bonchev–Trinajstić information content (AvgIpc) is 2.98. The number of carbonyl (C=O) groups is 2. The molecule has 7 heteroatoms. The van der Waals surface area contributed by atoms with Gasteiger partial charge in [0.05, 0.1) is 10.9 Å². The van der Waals surface area contributed by atoms with E-state index < -0.39 is 23.4 Å². The number of fused-ring (bicyclic) bond motifs is 1. The molecule has 23 heavy (non-hydrogen) atoms. The second kappa shape index (κ2) is 7.81. The van der Waals surface area contributed by atoms with E-state index in [-0.39, 0.29) is 4.88 Å². The number of ketones is 1. The van der Waals surface area contributed by atoms with Crippen molar-refractivity contribution in [2.45, 2.75) is 6.42 Å². The van der Waals surface area contributed by atoms with Crippen molar-refractivity contribution in [3.63, 3.8) is 0 Å². The first-order valence-corrected chi connectivity index (χ1v) is 7.78. The van der Waals surface area contributed by atoms with Crippen molar-refractivity contribution in [2.75, 3.05) is 20.3 Å². The van der Waals surface area contributed by atoms with Crippen LogP contribution < -0.4 is 5.32 Å². The van der Waals surface area contributed by atoms with Gasteiger partial charge in [0, 0.05) is 30.3 Å². The minimum absolute atomic E-state index is 0.198. The van der Waals surface area contributed by atoms with Crippen LogP contribution in [0.25, 0.3) is 10.1 Å². The molecule has 1 amide bonds. The van der Waals surface area contributed by atoms with Crippen molar-refractivity contribution in [1.29, 1.82) is 5.26 Å². The quantitative estimate of drug-likeness (QED) is 0.479. The molecule has 0 radical (unpaired) electrons. The Bertz CT molecular complexity index is 766. The fourth-order valence-electron chi connectivity index (χ4n) is 2.06. The molecule has 1 aromatic heterocycles. The summed E-state index contributed by atoms with van der Waals surface area (Å²) in [6.45, 7) is 0.792. The number of halogens is 1. The fraction of sp³-hybridized carbons (Fsp3) is 0.312. The molecule has 1 aromatic carbocycles. The van der Waals surface area contributed by atoms with Crippen molar-refractivity contribution in [3.8, 4) is 6.07 Å². The highest BCUT2D eigenvalue weighted by Gasteiger charge is 2.28. The van der Waals surface area contributed by atoms with E-state index in [1.54, 1.807) is 25.3 Å². The molecule has 0 aliphatic carbocycles. The number of rotatable bonds is 7. The lowest BCUT2D eigenvalue weighted by atomic mass is 10.0. The third-order valence-corrected chi connectivity index (χ3v) is 4.34.